The fourth-order valence-corrected chi connectivity index (χ4v) is 3.15. The molecular weight excluding hydrogens is 300 g/mol. The highest BCUT2D eigenvalue weighted by Crippen LogP contribution is 2.29. The van der Waals surface area contributed by atoms with E-state index in [-0.39, 0.29) is 18.6 Å². The molecule has 0 spiro atoms. The molecule has 1 aliphatic rings. The zero-order valence-corrected chi connectivity index (χ0v) is 13.5. The van der Waals surface area contributed by atoms with Crippen molar-refractivity contribution in [2.45, 2.75) is 31.5 Å². The SMILES string of the molecule is N#C[C@H](c1ccccc1)N1CCC[C@H]1C(=O)OCc1ccccc1. The molecule has 0 aromatic heterocycles. The quantitative estimate of drug-likeness (QED) is 0.792. The lowest BCUT2D eigenvalue weighted by Crippen LogP contribution is -2.39. The molecule has 122 valence electrons. The lowest BCUT2D eigenvalue weighted by Gasteiger charge is -2.27. The number of likely N-dealkylation sites (tertiary alicyclic amines) is 1. The Bertz CT molecular complexity index is 709. The van der Waals surface area contributed by atoms with Gasteiger partial charge in [-0.15, -0.1) is 0 Å². The minimum Gasteiger partial charge on any atom is -0.460 e. The van der Waals surface area contributed by atoms with Crippen molar-refractivity contribution in [2.24, 2.45) is 0 Å². The highest BCUT2D eigenvalue weighted by molar-refractivity contribution is 5.76. The van der Waals surface area contributed by atoms with Gasteiger partial charge in [-0.2, -0.15) is 5.26 Å². The average Bonchev–Trinajstić information content (AvgIpc) is 3.12. The molecule has 0 amide bonds. The van der Waals surface area contributed by atoms with Gasteiger partial charge in [0.1, 0.15) is 18.7 Å². The molecule has 24 heavy (non-hydrogen) atoms. The third-order valence-electron chi connectivity index (χ3n) is 4.36. The van der Waals surface area contributed by atoms with Gasteiger partial charge in [0.25, 0.3) is 0 Å². The maximum atomic E-state index is 12.5. The Morgan fingerprint density at radius 1 is 1.17 bits per heavy atom. The Labute approximate surface area is 142 Å². The molecule has 2 aromatic rings. The van der Waals surface area contributed by atoms with E-state index in [0.29, 0.717) is 0 Å². The van der Waals surface area contributed by atoms with E-state index in [4.69, 9.17) is 4.74 Å². The molecule has 1 saturated heterocycles. The third-order valence-corrected chi connectivity index (χ3v) is 4.36. The molecule has 1 aliphatic heterocycles. The van der Waals surface area contributed by atoms with E-state index in [1.54, 1.807) is 0 Å². The Kier molecular flexibility index (Phi) is 5.25. The van der Waals surface area contributed by atoms with Gasteiger partial charge in [-0.1, -0.05) is 60.7 Å². The smallest absolute Gasteiger partial charge is 0.323 e. The second-order valence-electron chi connectivity index (χ2n) is 5.93. The number of rotatable bonds is 5. The van der Waals surface area contributed by atoms with Gasteiger partial charge in [0.15, 0.2) is 0 Å². The van der Waals surface area contributed by atoms with Crippen LogP contribution < -0.4 is 0 Å². The minimum absolute atomic E-state index is 0.243. The summed E-state index contributed by atoms with van der Waals surface area (Å²) in [5.74, 6) is -0.243. The van der Waals surface area contributed by atoms with E-state index in [1.165, 1.54) is 0 Å². The predicted molar refractivity (Wildman–Crippen MR) is 90.8 cm³/mol. The van der Waals surface area contributed by atoms with E-state index in [2.05, 4.69) is 6.07 Å². The molecule has 1 fully saturated rings. The van der Waals surface area contributed by atoms with Crippen molar-refractivity contribution in [3.05, 3.63) is 71.8 Å². The summed E-state index contributed by atoms with van der Waals surface area (Å²) < 4.78 is 5.48. The van der Waals surface area contributed by atoms with Crippen molar-refractivity contribution in [1.29, 1.82) is 5.26 Å². The van der Waals surface area contributed by atoms with E-state index >= 15 is 0 Å². The number of nitrogens with zero attached hydrogens (tertiary/aromatic N) is 2. The predicted octanol–water partition coefficient (Wildman–Crippen LogP) is 3.46. The topological polar surface area (TPSA) is 53.3 Å². The van der Waals surface area contributed by atoms with Crippen LogP contribution in [0.15, 0.2) is 60.7 Å². The lowest BCUT2D eigenvalue weighted by atomic mass is 10.1. The maximum absolute atomic E-state index is 12.5. The van der Waals surface area contributed by atoms with Crippen LogP contribution in [0.25, 0.3) is 0 Å². The molecule has 3 rings (SSSR count). The van der Waals surface area contributed by atoms with Crippen LogP contribution in [0.2, 0.25) is 0 Å². The van der Waals surface area contributed by atoms with E-state index in [1.807, 2.05) is 65.6 Å². The largest absolute Gasteiger partial charge is 0.460 e. The molecule has 2 aromatic carbocycles. The normalized spacial score (nSPS) is 18.7. The molecule has 0 unspecified atom stereocenters. The van der Waals surface area contributed by atoms with Crippen LogP contribution in [-0.4, -0.2) is 23.5 Å². The van der Waals surface area contributed by atoms with Gasteiger partial charge in [0.2, 0.25) is 0 Å². The first-order valence-electron chi connectivity index (χ1n) is 8.20. The summed E-state index contributed by atoms with van der Waals surface area (Å²) in [4.78, 5) is 14.5. The van der Waals surface area contributed by atoms with Crippen LogP contribution in [-0.2, 0) is 16.1 Å². The van der Waals surface area contributed by atoms with Gasteiger partial charge in [0, 0.05) is 6.54 Å². The molecule has 4 heteroatoms. The molecule has 0 bridgehead atoms. The fraction of sp³-hybridized carbons (Fsp3) is 0.300. The zero-order chi connectivity index (χ0) is 16.8. The van der Waals surface area contributed by atoms with Crippen molar-refractivity contribution in [1.82, 2.24) is 4.90 Å². The van der Waals surface area contributed by atoms with Crippen LogP contribution in [0, 0.1) is 11.3 Å². The Balaban J connectivity index is 1.68. The third kappa shape index (κ3) is 3.64. The summed E-state index contributed by atoms with van der Waals surface area (Å²) in [5.41, 5.74) is 1.89. The number of carbonyl (C=O) groups is 1. The van der Waals surface area contributed by atoms with Crippen molar-refractivity contribution in [3.8, 4) is 6.07 Å². The second kappa shape index (κ2) is 7.76. The first kappa shape index (κ1) is 16.2. The summed E-state index contributed by atoms with van der Waals surface area (Å²) in [5, 5.41) is 9.60. The zero-order valence-electron chi connectivity index (χ0n) is 13.5. The Morgan fingerprint density at radius 2 is 1.83 bits per heavy atom. The summed E-state index contributed by atoms with van der Waals surface area (Å²) in [6.45, 7) is 1.00. The minimum atomic E-state index is -0.414. The molecular formula is C20H20N2O2. The molecule has 4 nitrogen and oxygen atoms in total. The highest BCUT2D eigenvalue weighted by atomic mass is 16.5. The van der Waals surface area contributed by atoms with Crippen LogP contribution in [0.3, 0.4) is 0 Å². The summed E-state index contributed by atoms with van der Waals surface area (Å²) >= 11 is 0. The molecule has 1 heterocycles. The number of hydrogen-bond donors (Lipinski definition) is 0. The van der Waals surface area contributed by atoms with Gasteiger partial charge in [-0.05, 0) is 24.0 Å². The maximum Gasteiger partial charge on any atom is 0.323 e. The summed E-state index contributed by atoms with van der Waals surface area (Å²) in [6, 6.07) is 20.8. The van der Waals surface area contributed by atoms with E-state index in [9.17, 15) is 10.1 Å². The van der Waals surface area contributed by atoms with Crippen molar-refractivity contribution in [3.63, 3.8) is 0 Å². The van der Waals surface area contributed by atoms with Crippen molar-refractivity contribution in [2.75, 3.05) is 6.54 Å². The molecule has 0 N–H and O–H groups in total. The first-order valence-corrected chi connectivity index (χ1v) is 8.20. The van der Waals surface area contributed by atoms with Crippen LogP contribution in [0.1, 0.15) is 30.0 Å². The highest BCUT2D eigenvalue weighted by Gasteiger charge is 2.37. The number of ether oxygens (including phenoxy) is 1. The van der Waals surface area contributed by atoms with Crippen LogP contribution >= 0.6 is 0 Å². The molecule has 2 atom stereocenters. The molecule has 0 aliphatic carbocycles. The summed E-state index contributed by atoms with van der Waals surface area (Å²) in [7, 11) is 0. The van der Waals surface area contributed by atoms with Gasteiger partial charge >= 0.3 is 5.97 Å². The number of benzene rings is 2. The monoisotopic (exact) mass is 320 g/mol. The number of nitriles is 1. The average molecular weight is 320 g/mol. The van der Waals surface area contributed by atoms with Gasteiger partial charge in [-0.25, -0.2) is 0 Å². The Hall–Kier alpha value is -2.64. The summed E-state index contributed by atoms with van der Waals surface area (Å²) in [6.07, 6.45) is 1.63. The lowest BCUT2D eigenvalue weighted by molar-refractivity contribution is -0.150. The van der Waals surface area contributed by atoms with Crippen molar-refractivity contribution < 1.29 is 9.53 Å². The van der Waals surface area contributed by atoms with Gasteiger partial charge < -0.3 is 4.74 Å². The van der Waals surface area contributed by atoms with E-state index < -0.39 is 6.04 Å². The van der Waals surface area contributed by atoms with Crippen molar-refractivity contribution >= 4 is 5.97 Å². The number of carbonyl (C=O) groups excluding carboxylic acids is 1. The van der Waals surface area contributed by atoms with Gasteiger partial charge in [0.05, 0.1) is 6.07 Å². The Morgan fingerprint density at radius 3 is 2.50 bits per heavy atom. The number of hydrogen-bond acceptors (Lipinski definition) is 4. The number of esters is 1. The second-order valence-corrected chi connectivity index (χ2v) is 5.93. The van der Waals surface area contributed by atoms with E-state index in [0.717, 1.165) is 30.5 Å². The van der Waals surface area contributed by atoms with Gasteiger partial charge in [-0.3, -0.25) is 9.69 Å². The fourth-order valence-electron chi connectivity index (χ4n) is 3.15. The van der Waals surface area contributed by atoms with Crippen LogP contribution in [0.5, 0.6) is 0 Å². The standard InChI is InChI=1S/C20H20N2O2/c21-14-19(17-10-5-2-6-11-17)22-13-7-12-18(22)20(23)24-15-16-8-3-1-4-9-16/h1-6,8-11,18-19H,7,12-13,15H2/t18-,19+/m0/s1. The molecule has 0 radical (unpaired) electrons. The molecule has 0 saturated carbocycles. The first-order chi connectivity index (χ1) is 11.8. The van der Waals surface area contributed by atoms with Crippen LogP contribution in [0.4, 0.5) is 0 Å².